The summed E-state index contributed by atoms with van der Waals surface area (Å²) < 4.78 is 40.2. The summed E-state index contributed by atoms with van der Waals surface area (Å²) >= 11 is 0. The highest BCUT2D eigenvalue weighted by molar-refractivity contribution is 5.95. The molecule has 2 aromatic heterocycles. The standard InChI is InChI=1S/C22H14F3N3O/c23-22(24,25)19-9-7-16(12-15(19)6-8-18-5-1-2-10-26-18)21(29)28-13-17-4-3-11-27-20(17)14-28/h1-5,7,9-12H,13-14H2. The number of benzene rings is 1. The Balaban J connectivity index is 1.67. The largest absolute Gasteiger partial charge is 0.417 e. The molecular formula is C22H14F3N3O. The summed E-state index contributed by atoms with van der Waals surface area (Å²) in [5, 5.41) is 0. The van der Waals surface area contributed by atoms with E-state index in [-0.39, 0.29) is 17.0 Å². The molecule has 1 aliphatic heterocycles. The van der Waals surface area contributed by atoms with Crippen molar-refractivity contribution >= 4 is 5.91 Å². The number of hydrogen-bond acceptors (Lipinski definition) is 3. The second kappa shape index (κ2) is 7.40. The summed E-state index contributed by atoms with van der Waals surface area (Å²) in [4.78, 5) is 22.6. The number of alkyl halides is 3. The van der Waals surface area contributed by atoms with Crippen molar-refractivity contribution in [2.75, 3.05) is 0 Å². The molecule has 0 saturated heterocycles. The van der Waals surface area contributed by atoms with E-state index >= 15 is 0 Å². The minimum absolute atomic E-state index is 0.149. The average Bonchev–Trinajstić information content (AvgIpc) is 3.16. The number of aromatic nitrogens is 2. The molecule has 0 spiro atoms. The molecular weight excluding hydrogens is 379 g/mol. The lowest BCUT2D eigenvalue weighted by molar-refractivity contribution is -0.137. The molecule has 4 rings (SSSR count). The van der Waals surface area contributed by atoms with Crippen LogP contribution in [0.1, 0.15) is 38.4 Å². The first-order chi connectivity index (χ1) is 13.9. The van der Waals surface area contributed by atoms with Crippen LogP contribution in [0.3, 0.4) is 0 Å². The van der Waals surface area contributed by atoms with Gasteiger partial charge in [-0.2, -0.15) is 13.2 Å². The molecule has 0 atom stereocenters. The molecule has 144 valence electrons. The van der Waals surface area contributed by atoms with Gasteiger partial charge in [-0.3, -0.25) is 9.78 Å². The van der Waals surface area contributed by atoms with Gasteiger partial charge in [0.1, 0.15) is 5.69 Å². The monoisotopic (exact) mass is 393 g/mol. The zero-order valence-electron chi connectivity index (χ0n) is 15.1. The lowest BCUT2D eigenvalue weighted by atomic mass is 10.0. The van der Waals surface area contributed by atoms with E-state index in [1.807, 2.05) is 6.07 Å². The van der Waals surface area contributed by atoms with Crippen LogP contribution in [0.5, 0.6) is 0 Å². The summed E-state index contributed by atoms with van der Waals surface area (Å²) in [6, 6.07) is 11.9. The molecule has 0 N–H and O–H groups in total. The smallest absolute Gasteiger partial charge is 0.328 e. The Morgan fingerprint density at radius 1 is 0.966 bits per heavy atom. The van der Waals surface area contributed by atoms with Gasteiger partial charge in [-0.05, 0) is 47.9 Å². The molecule has 4 nitrogen and oxygen atoms in total. The Hall–Kier alpha value is -3.66. The predicted octanol–water partition coefficient (Wildman–Crippen LogP) is 4.05. The van der Waals surface area contributed by atoms with Gasteiger partial charge < -0.3 is 4.90 Å². The van der Waals surface area contributed by atoms with Crippen LogP contribution in [-0.4, -0.2) is 20.8 Å². The normalized spacial score (nSPS) is 12.9. The van der Waals surface area contributed by atoms with Crippen molar-refractivity contribution in [1.82, 2.24) is 14.9 Å². The highest BCUT2D eigenvalue weighted by Crippen LogP contribution is 2.33. The predicted molar refractivity (Wildman–Crippen MR) is 99.5 cm³/mol. The van der Waals surface area contributed by atoms with Gasteiger partial charge in [-0.25, -0.2) is 4.98 Å². The highest BCUT2D eigenvalue weighted by Gasteiger charge is 2.34. The second-order valence-electron chi connectivity index (χ2n) is 6.49. The third kappa shape index (κ3) is 3.97. The first-order valence-corrected chi connectivity index (χ1v) is 8.78. The van der Waals surface area contributed by atoms with Crippen molar-refractivity contribution in [3.05, 3.63) is 94.6 Å². The van der Waals surface area contributed by atoms with Crippen LogP contribution in [-0.2, 0) is 19.3 Å². The minimum Gasteiger partial charge on any atom is -0.328 e. The van der Waals surface area contributed by atoms with Crippen LogP contribution in [0.25, 0.3) is 0 Å². The van der Waals surface area contributed by atoms with Crippen molar-refractivity contribution in [1.29, 1.82) is 0 Å². The maximum atomic E-state index is 13.4. The first-order valence-electron chi connectivity index (χ1n) is 8.78. The Morgan fingerprint density at radius 3 is 2.52 bits per heavy atom. The van der Waals surface area contributed by atoms with Crippen molar-refractivity contribution < 1.29 is 18.0 Å². The molecule has 1 amide bonds. The van der Waals surface area contributed by atoms with Gasteiger partial charge in [0.25, 0.3) is 5.91 Å². The summed E-state index contributed by atoms with van der Waals surface area (Å²) in [6.45, 7) is 0.697. The van der Waals surface area contributed by atoms with Crippen LogP contribution in [0.4, 0.5) is 13.2 Å². The van der Waals surface area contributed by atoms with E-state index in [0.717, 1.165) is 17.3 Å². The van der Waals surface area contributed by atoms with E-state index in [4.69, 9.17) is 0 Å². The number of carbonyl (C=O) groups excluding carboxylic acids is 1. The molecule has 0 fully saturated rings. The number of amides is 1. The van der Waals surface area contributed by atoms with E-state index in [9.17, 15) is 18.0 Å². The van der Waals surface area contributed by atoms with Crippen molar-refractivity contribution in [3.63, 3.8) is 0 Å². The zero-order valence-corrected chi connectivity index (χ0v) is 15.1. The van der Waals surface area contributed by atoms with E-state index in [1.54, 1.807) is 35.4 Å². The van der Waals surface area contributed by atoms with Crippen molar-refractivity contribution in [3.8, 4) is 11.8 Å². The van der Waals surface area contributed by atoms with Crippen LogP contribution >= 0.6 is 0 Å². The van der Waals surface area contributed by atoms with Gasteiger partial charge >= 0.3 is 6.18 Å². The summed E-state index contributed by atoms with van der Waals surface area (Å²) in [5.74, 6) is 4.79. The fourth-order valence-corrected chi connectivity index (χ4v) is 3.12. The minimum atomic E-state index is -4.58. The number of halogens is 3. The van der Waals surface area contributed by atoms with Gasteiger partial charge in [-0.1, -0.05) is 18.1 Å². The lowest BCUT2D eigenvalue weighted by Crippen LogP contribution is -2.25. The molecule has 3 heterocycles. The summed E-state index contributed by atoms with van der Waals surface area (Å²) in [6.07, 6.45) is -1.42. The van der Waals surface area contributed by atoms with Crippen LogP contribution in [0, 0.1) is 11.8 Å². The molecule has 0 unspecified atom stereocenters. The quantitative estimate of drug-likeness (QED) is 0.586. The Bertz CT molecular complexity index is 1110. The fourth-order valence-electron chi connectivity index (χ4n) is 3.12. The maximum absolute atomic E-state index is 13.4. The molecule has 1 aromatic carbocycles. The van der Waals surface area contributed by atoms with Gasteiger partial charge in [0, 0.05) is 30.1 Å². The summed E-state index contributed by atoms with van der Waals surface area (Å²) in [5.41, 5.74) is 1.08. The van der Waals surface area contributed by atoms with Crippen LogP contribution in [0.15, 0.2) is 60.9 Å². The number of hydrogen-bond donors (Lipinski definition) is 0. The fraction of sp³-hybridized carbons (Fsp3) is 0.136. The third-order valence-electron chi connectivity index (χ3n) is 4.54. The Morgan fingerprint density at radius 2 is 1.79 bits per heavy atom. The van der Waals surface area contributed by atoms with Gasteiger partial charge in [-0.15, -0.1) is 0 Å². The average molecular weight is 393 g/mol. The number of fused-ring (bicyclic) bond motifs is 1. The molecule has 1 aliphatic rings. The molecule has 29 heavy (non-hydrogen) atoms. The molecule has 0 bridgehead atoms. The number of pyridine rings is 2. The van der Waals surface area contributed by atoms with Gasteiger partial charge in [0.05, 0.1) is 17.8 Å². The molecule has 7 heteroatoms. The molecule has 0 saturated carbocycles. The van der Waals surface area contributed by atoms with Crippen molar-refractivity contribution in [2.24, 2.45) is 0 Å². The van der Waals surface area contributed by atoms with Gasteiger partial charge in [0.2, 0.25) is 0 Å². The second-order valence-corrected chi connectivity index (χ2v) is 6.49. The topological polar surface area (TPSA) is 46.1 Å². The summed E-state index contributed by atoms with van der Waals surface area (Å²) in [7, 11) is 0. The number of rotatable bonds is 1. The zero-order chi connectivity index (χ0) is 20.4. The van der Waals surface area contributed by atoms with Crippen molar-refractivity contribution in [2.45, 2.75) is 19.3 Å². The van der Waals surface area contributed by atoms with E-state index < -0.39 is 11.7 Å². The van der Waals surface area contributed by atoms with Gasteiger partial charge in [0.15, 0.2) is 0 Å². The number of carbonyl (C=O) groups is 1. The SMILES string of the molecule is O=C(c1ccc(C(F)(F)F)c(C#Cc2ccccn2)c1)N1Cc2cccnc2C1. The molecule has 3 aromatic rings. The number of nitrogens with zero attached hydrogens (tertiary/aromatic N) is 3. The van der Waals surface area contributed by atoms with E-state index in [0.29, 0.717) is 18.8 Å². The van der Waals surface area contributed by atoms with E-state index in [1.165, 1.54) is 18.3 Å². The third-order valence-corrected chi connectivity index (χ3v) is 4.54. The molecule has 0 aliphatic carbocycles. The maximum Gasteiger partial charge on any atom is 0.417 e. The lowest BCUT2D eigenvalue weighted by Gasteiger charge is -2.16. The van der Waals surface area contributed by atoms with Crippen LogP contribution in [0.2, 0.25) is 0 Å². The van der Waals surface area contributed by atoms with Crippen LogP contribution < -0.4 is 0 Å². The van der Waals surface area contributed by atoms with E-state index in [2.05, 4.69) is 21.8 Å². The highest BCUT2D eigenvalue weighted by atomic mass is 19.4. The Labute approximate surface area is 165 Å². The molecule has 0 radical (unpaired) electrons. The first kappa shape index (κ1) is 18.7. The Kier molecular flexibility index (Phi) is 4.77.